The van der Waals surface area contributed by atoms with Gasteiger partial charge in [-0.2, -0.15) is 0 Å². The summed E-state index contributed by atoms with van der Waals surface area (Å²) in [5.74, 6) is -0.0169. The Morgan fingerprint density at radius 3 is 2.67 bits per heavy atom. The Kier molecular flexibility index (Phi) is 9.56. The minimum absolute atomic E-state index is 0.104. The number of carbonyl (C=O) groups excluding carboxylic acids is 2. The van der Waals surface area contributed by atoms with Crippen molar-refractivity contribution in [2.45, 2.75) is 84.0 Å². The summed E-state index contributed by atoms with van der Waals surface area (Å²) in [5.41, 5.74) is 1.23. The largest absolute Gasteiger partial charge is 0.469 e. The van der Waals surface area contributed by atoms with Crippen LogP contribution >= 0.6 is 0 Å². The first-order valence-electron chi connectivity index (χ1n) is 11.3. The molecule has 6 nitrogen and oxygen atoms in total. The van der Waals surface area contributed by atoms with Gasteiger partial charge in [-0.05, 0) is 55.9 Å². The van der Waals surface area contributed by atoms with E-state index < -0.39 is 18.2 Å². The van der Waals surface area contributed by atoms with E-state index in [9.17, 15) is 19.8 Å². The molecule has 0 aliphatic heterocycles. The molecular weight excluding hydrogens is 384 g/mol. The first-order chi connectivity index (χ1) is 14.3. The molecule has 0 unspecified atom stereocenters. The average molecular weight is 423 g/mol. The Morgan fingerprint density at radius 1 is 1.27 bits per heavy atom. The summed E-state index contributed by atoms with van der Waals surface area (Å²) >= 11 is 0. The molecule has 2 aliphatic carbocycles. The maximum atomic E-state index is 12.4. The normalized spacial score (nSPS) is 28.7. The van der Waals surface area contributed by atoms with E-state index in [4.69, 9.17) is 4.74 Å². The second-order valence-electron chi connectivity index (χ2n) is 8.87. The van der Waals surface area contributed by atoms with Crippen molar-refractivity contribution in [3.63, 3.8) is 0 Å². The fourth-order valence-electron chi connectivity index (χ4n) is 4.56. The summed E-state index contributed by atoms with van der Waals surface area (Å²) in [6, 6.07) is 0. The molecule has 0 bridgehead atoms. The number of rotatable bonds is 10. The highest BCUT2D eigenvalue weighted by Crippen LogP contribution is 2.44. The van der Waals surface area contributed by atoms with Crippen LogP contribution in [-0.2, 0) is 19.1 Å². The van der Waals surface area contributed by atoms with E-state index in [1.54, 1.807) is 0 Å². The van der Waals surface area contributed by atoms with Gasteiger partial charge in [0.05, 0.1) is 31.7 Å². The minimum Gasteiger partial charge on any atom is -0.469 e. The topological polar surface area (TPSA) is 93.1 Å². The zero-order valence-electron chi connectivity index (χ0n) is 18.8. The fourth-order valence-corrected chi connectivity index (χ4v) is 4.56. The lowest BCUT2D eigenvalue weighted by Crippen LogP contribution is -2.40. The molecule has 2 rings (SSSR count). The van der Waals surface area contributed by atoms with Gasteiger partial charge in [0.25, 0.3) is 0 Å². The van der Waals surface area contributed by atoms with Crippen LogP contribution in [0.1, 0.15) is 65.7 Å². The van der Waals surface area contributed by atoms with Crippen LogP contribution in [0.25, 0.3) is 0 Å². The van der Waals surface area contributed by atoms with Crippen molar-refractivity contribution in [2.75, 3.05) is 7.11 Å². The Balaban J connectivity index is 2.01. The molecule has 0 saturated carbocycles. The van der Waals surface area contributed by atoms with E-state index in [1.807, 2.05) is 13.8 Å². The van der Waals surface area contributed by atoms with Crippen molar-refractivity contribution < 1.29 is 29.3 Å². The van der Waals surface area contributed by atoms with Crippen molar-refractivity contribution in [3.8, 4) is 0 Å². The number of methoxy groups -OCH3 is 1. The summed E-state index contributed by atoms with van der Waals surface area (Å²) in [6.45, 7) is 6.06. The van der Waals surface area contributed by atoms with Gasteiger partial charge in [0.1, 0.15) is 6.10 Å². The SMILES string of the molecule is CC[C@H](C)C(=O)O[C@H]1CCC=C2C=C[C@H](C)[C@H](CC[C@@H](O)C[C@@H](O)CC(=O)OC)[C@H]21. The van der Waals surface area contributed by atoms with Crippen molar-refractivity contribution >= 4 is 11.9 Å². The van der Waals surface area contributed by atoms with Crippen LogP contribution in [0, 0.1) is 23.7 Å². The third-order valence-corrected chi connectivity index (χ3v) is 6.64. The molecule has 0 aromatic rings. The highest BCUT2D eigenvalue weighted by molar-refractivity contribution is 5.72. The zero-order chi connectivity index (χ0) is 22.3. The average Bonchev–Trinajstić information content (AvgIpc) is 2.72. The standard InChI is InChI=1S/C24H38O6/c1-5-15(2)24(28)30-21-8-6-7-17-10-9-16(3)20(23(17)21)12-11-18(25)13-19(26)14-22(27)29-4/h7,9-10,15-16,18-21,23,25-26H,5-6,8,11-14H2,1-4H3/t15-,16-,18+,19+,20-,21-,23-/m0/s1. The number of fused-ring (bicyclic) bond motifs is 1. The third kappa shape index (κ3) is 6.67. The van der Waals surface area contributed by atoms with E-state index in [-0.39, 0.29) is 42.7 Å². The smallest absolute Gasteiger partial charge is 0.308 e. The van der Waals surface area contributed by atoms with Gasteiger partial charge in [-0.1, -0.05) is 39.0 Å². The highest BCUT2D eigenvalue weighted by Gasteiger charge is 2.40. The van der Waals surface area contributed by atoms with Crippen molar-refractivity contribution in [3.05, 3.63) is 23.8 Å². The van der Waals surface area contributed by atoms with E-state index in [2.05, 4.69) is 29.9 Å². The Morgan fingerprint density at radius 2 is 2.00 bits per heavy atom. The van der Waals surface area contributed by atoms with Crippen LogP contribution in [0.3, 0.4) is 0 Å². The number of hydrogen-bond donors (Lipinski definition) is 2. The van der Waals surface area contributed by atoms with Gasteiger partial charge in [0.15, 0.2) is 0 Å². The molecule has 0 fully saturated rings. The van der Waals surface area contributed by atoms with Gasteiger partial charge in [-0.25, -0.2) is 0 Å². The molecule has 6 heteroatoms. The van der Waals surface area contributed by atoms with Gasteiger partial charge in [0, 0.05) is 5.92 Å². The molecule has 0 aromatic heterocycles. The number of hydrogen-bond acceptors (Lipinski definition) is 6. The number of aliphatic hydroxyl groups is 2. The van der Waals surface area contributed by atoms with Crippen molar-refractivity contribution in [2.24, 2.45) is 23.7 Å². The maximum Gasteiger partial charge on any atom is 0.308 e. The Bertz CT molecular complexity index is 640. The fraction of sp³-hybridized carbons (Fsp3) is 0.750. The molecule has 2 N–H and O–H groups in total. The van der Waals surface area contributed by atoms with E-state index in [0.29, 0.717) is 12.3 Å². The predicted octanol–water partition coefficient (Wildman–Crippen LogP) is 3.56. The van der Waals surface area contributed by atoms with Gasteiger partial charge in [-0.15, -0.1) is 0 Å². The Labute approximate surface area is 180 Å². The van der Waals surface area contributed by atoms with Crippen LogP contribution in [0.5, 0.6) is 0 Å². The van der Waals surface area contributed by atoms with Crippen LogP contribution < -0.4 is 0 Å². The molecule has 7 atom stereocenters. The molecule has 170 valence electrons. The lowest BCUT2D eigenvalue weighted by Gasteiger charge is -2.42. The van der Waals surface area contributed by atoms with Gasteiger partial charge < -0.3 is 19.7 Å². The Hall–Kier alpha value is -1.66. The summed E-state index contributed by atoms with van der Waals surface area (Å²) in [4.78, 5) is 23.7. The molecule has 30 heavy (non-hydrogen) atoms. The number of allylic oxidation sites excluding steroid dienone is 3. The van der Waals surface area contributed by atoms with Crippen LogP contribution in [0.2, 0.25) is 0 Å². The minimum atomic E-state index is -0.912. The van der Waals surface area contributed by atoms with Crippen LogP contribution in [-0.4, -0.2) is 47.6 Å². The molecule has 0 saturated heterocycles. The van der Waals surface area contributed by atoms with E-state index >= 15 is 0 Å². The second kappa shape index (κ2) is 11.7. The maximum absolute atomic E-state index is 12.4. The number of esters is 2. The summed E-state index contributed by atoms with van der Waals surface area (Å²) in [5, 5.41) is 20.4. The molecule has 0 spiro atoms. The molecule has 2 aliphatic rings. The zero-order valence-corrected chi connectivity index (χ0v) is 18.8. The molecular formula is C24H38O6. The summed E-state index contributed by atoms with van der Waals surface area (Å²) in [7, 11) is 1.28. The van der Waals surface area contributed by atoms with E-state index in [1.165, 1.54) is 12.7 Å². The lowest BCUT2D eigenvalue weighted by molar-refractivity contribution is -0.158. The summed E-state index contributed by atoms with van der Waals surface area (Å²) < 4.78 is 10.5. The number of ether oxygens (including phenoxy) is 2. The van der Waals surface area contributed by atoms with Gasteiger partial charge >= 0.3 is 11.9 Å². The lowest BCUT2D eigenvalue weighted by atomic mass is 9.66. The highest BCUT2D eigenvalue weighted by atomic mass is 16.5. The number of aliphatic hydroxyl groups excluding tert-OH is 2. The monoisotopic (exact) mass is 422 g/mol. The van der Waals surface area contributed by atoms with E-state index in [0.717, 1.165) is 25.7 Å². The molecule has 0 radical (unpaired) electrons. The second-order valence-corrected chi connectivity index (χ2v) is 8.87. The van der Waals surface area contributed by atoms with Crippen molar-refractivity contribution in [1.82, 2.24) is 0 Å². The van der Waals surface area contributed by atoms with Gasteiger partial charge in [0.2, 0.25) is 0 Å². The molecule has 0 amide bonds. The van der Waals surface area contributed by atoms with Crippen LogP contribution in [0.15, 0.2) is 23.8 Å². The first kappa shape index (κ1) is 24.6. The quantitative estimate of drug-likeness (QED) is 0.523. The van der Waals surface area contributed by atoms with Gasteiger partial charge in [-0.3, -0.25) is 9.59 Å². The first-order valence-corrected chi connectivity index (χ1v) is 11.3. The van der Waals surface area contributed by atoms with Crippen molar-refractivity contribution in [1.29, 1.82) is 0 Å². The molecule has 0 aromatic carbocycles. The number of carbonyl (C=O) groups is 2. The third-order valence-electron chi connectivity index (χ3n) is 6.64. The van der Waals surface area contributed by atoms with Crippen LogP contribution in [0.4, 0.5) is 0 Å². The predicted molar refractivity (Wildman–Crippen MR) is 114 cm³/mol. The summed E-state index contributed by atoms with van der Waals surface area (Å²) in [6.07, 6.45) is 8.67. The molecule has 0 heterocycles.